The van der Waals surface area contributed by atoms with E-state index < -0.39 is 0 Å². The van der Waals surface area contributed by atoms with Gasteiger partial charge >= 0.3 is 0 Å². The zero-order valence-corrected chi connectivity index (χ0v) is 10.1. The van der Waals surface area contributed by atoms with Gasteiger partial charge in [0.25, 0.3) is 0 Å². The van der Waals surface area contributed by atoms with Crippen LogP contribution in [-0.2, 0) is 0 Å². The highest BCUT2D eigenvalue weighted by atomic mass is 16.3. The van der Waals surface area contributed by atoms with Gasteiger partial charge in [0.1, 0.15) is 0 Å². The molecule has 2 unspecified atom stereocenters. The molecule has 3 N–H and O–H groups in total. The molecule has 1 aromatic rings. The second-order valence-corrected chi connectivity index (χ2v) is 5.58. The summed E-state index contributed by atoms with van der Waals surface area (Å²) in [6, 6.07) is 0.177. The minimum atomic E-state index is -0.314. The molecular weight excluding hydrogens is 202 g/mol. The Hall–Kier alpha value is -0.870. The second kappa shape index (κ2) is 4.18. The molecule has 2 atom stereocenters. The summed E-state index contributed by atoms with van der Waals surface area (Å²) in [6.07, 6.45) is 7.19. The van der Waals surface area contributed by atoms with Crippen LogP contribution in [0.4, 0.5) is 0 Å². The number of nitrogens with two attached hydrogens (primary N) is 1. The largest absolute Gasteiger partial charge is 0.394 e. The maximum atomic E-state index is 9.11. The topological polar surface area (TPSA) is 64.1 Å². The van der Waals surface area contributed by atoms with Crippen LogP contribution < -0.4 is 5.73 Å². The molecule has 1 fully saturated rings. The molecule has 1 heterocycles. The molecule has 1 aliphatic rings. The summed E-state index contributed by atoms with van der Waals surface area (Å²) < 4.78 is 2.15. The molecule has 0 amide bonds. The third-order valence-corrected chi connectivity index (χ3v) is 3.61. The Morgan fingerprint density at radius 1 is 1.69 bits per heavy atom. The van der Waals surface area contributed by atoms with Crippen molar-refractivity contribution in [1.82, 2.24) is 9.55 Å². The van der Waals surface area contributed by atoms with Crippen LogP contribution in [0.1, 0.15) is 50.9 Å². The SMILES string of the molecule is CC1(C)CCC(n2cncc2C(N)CO)C1. The van der Waals surface area contributed by atoms with Gasteiger partial charge in [0, 0.05) is 12.2 Å². The molecule has 4 nitrogen and oxygen atoms in total. The first-order chi connectivity index (χ1) is 7.53. The van der Waals surface area contributed by atoms with E-state index in [4.69, 9.17) is 10.8 Å². The Morgan fingerprint density at radius 3 is 3.00 bits per heavy atom. The molecule has 1 aliphatic carbocycles. The molecule has 2 rings (SSSR count). The van der Waals surface area contributed by atoms with Gasteiger partial charge in [-0.05, 0) is 24.7 Å². The monoisotopic (exact) mass is 223 g/mol. The smallest absolute Gasteiger partial charge is 0.0951 e. The van der Waals surface area contributed by atoms with Gasteiger partial charge in [0.2, 0.25) is 0 Å². The Balaban J connectivity index is 2.19. The highest BCUT2D eigenvalue weighted by molar-refractivity contribution is 5.07. The van der Waals surface area contributed by atoms with Crippen molar-refractivity contribution in [2.24, 2.45) is 11.1 Å². The molecule has 90 valence electrons. The van der Waals surface area contributed by atoms with E-state index in [2.05, 4.69) is 23.4 Å². The molecular formula is C12H21N3O. The maximum absolute atomic E-state index is 9.11. The maximum Gasteiger partial charge on any atom is 0.0951 e. The van der Waals surface area contributed by atoms with E-state index in [0.717, 1.165) is 12.1 Å². The molecule has 0 saturated heterocycles. The van der Waals surface area contributed by atoms with Crippen LogP contribution in [0, 0.1) is 5.41 Å². The normalized spacial score (nSPS) is 25.9. The summed E-state index contributed by atoms with van der Waals surface area (Å²) >= 11 is 0. The number of aliphatic hydroxyl groups excluding tert-OH is 1. The summed E-state index contributed by atoms with van der Waals surface area (Å²) in [4.78, 5) is 4.16. The Kier molecular flexibility index (Phi) is 3.04. The van der Waals surface area contributed by atoms with Gasteiger partial charge < -0.3 is 15.4 Å². The first-order valence-corrected chi connectivity index (χ1v) is 5.92. The number of imidazole rings is 1. The van der Waals surface area contributed by atoms with Crippen LogP contribution in [0.2, 0.25) is 0 Å². The van der Waals surface area contributed by atoms with Gasteiger partial charge in [-0.25, -0.2) is 4.98 Å². The Bertz CT molecular complexity index is 359. The summed E-state index contributed by atoms with van der Waals surface area (Å²) in [6.45, 7) is 4.58. The van der Waals surface area contributed by atoms with Crippen LogP contribution in [-0.4, -0.2) is 21.3 Å². The summed E-state index contributed by atoms with van der Waals surface area (Å²) in [7, 11) is 0. The van der Waals surface area contributed by atoms with E-state index >= 15 is 0 Å². The lowest BCUT2D eigenvalue weighted by Crippen LogP contribution is -2.20. The summed E-state index contributed by atoms with van der Waals surface area (Å²) in [5.74, 6) is 0. The van der Waals surface area contributed by atoms with E-state index in [0.29, 0.717) is 11.5 Å². The first-order valence-electron chi connectivity index (χ1n) is 5.92. The van der Waals surface area contributed by atoms with E-state index in [-0.39, 0.29) is 12.6 Å². The highest BCUT2D eigenvalue weighted by Gasteiger charge is 2.33. The number of hydrogen-bond donors (Lipinski definition) is 2. The van der Waals surface area contributed by atoms with Crippen molar-refractivity contribution < 1.29 is 5.11 Å². The fourth-order valence-electron chi connectivity index (χ4n) is 2.64. The average molecular weight is 223 g/mol. The third-order valence-electron chi connectivity index (χ3n) is 3.61. The predicted octanol–water partition coefficient (Wildman–Crippen LogP) is 1.63. The quantitative estimate of drug-likeness (QED) is 0.818. The standard InChI is InChI=1S/C12H21N3O/c1-12(2)4-3-9(5-12)15-8-14-6-11(15)10(13)7-16/h6,8-10,16H,3-5,7,13H2,1-2H3. The molecule has 0 spiro atoms. The molecule has 0 radical (unpaired) electrons. The van der Waals surface area contributed by atoms with Gasteiger partial charge in [-0.1, -0.05) is 13.8 Å². The number of rotatable bonds is 3. The lowest BCUT2D eigenvalue weighted by Gasteiger charge is -2.21. The first kappa shape index (κ1) is 11.6. The van der Waals surface area contributed by atoms with Crippen molar-refractivity contribution in [2.45, 2.75) is 45.2 Å². The van der Waals surface area contributed by atoms with Crippen molar-refractivity contribution >= 4 is 0 Å². The van der Waals surface area contributed by atoms with Gasteiger partial charge in [-0.3, -0.25) is 0 Å². The van der Waals surface area contributed by atoms with Crippen molar-refractivity contribution in [1.29, 1.82) is 0 Å². The zero-order valence-electron chi connectivity index (χ0n) is 10.1. The van der Waals surface area contributed by atoms with Gasteiger partial charge in [0.05, 0.1) is 24.7 Å². The fraction of sp³-hybridized carbons (Fsp3) is 0.750. The van der Waals surface area contributed by atoms with Crippen LogP contribution >= 0.6 is 0 Å². The summed E-state index contributed by atoms with van der Waals surface area (Å²) in [5, 5.41) is 9.11. The fourth-order valence-corrected chi connectivity index (χ4v) is 2.64. The number of hydrogen-bond acceptors (Lipinski definition) is 3. The van der Waals surface area contributed by atoms with E-state index in [9.17, 15) is 0 Å². The minimum Gasteiger partial charge on any atom is -0.394 e. The molecule has 0 aliphatic heterocycles. The van der Waals surface area contributed by atoms with Crippen LogP contribution in [0.5, 0.6) is 0 Å². The molecule has 0 bridgehead atoms. The average Bonchev–Trinajstić information content (AvgIpc) is 2.82. The number of aromatic nitrogens is 2. The van der Waals surface area contributed by atoms with Gasteiger partial charge in [-0.15, -0.1) is 0 Å². The molecule has 4 heteroatoms. The van der Waals surface area contributed by atoms with Gasteiger partial charge in [0.15, 0.2) is 0 Å². The Morgan fingerprint density at radius 2 is 2.44 bits per heavy atom. The third kappa shape index (κ3) is 2.13. The highest BCUT2D eigenvalue weighted by Crippen LogP contribution is 2.44. The number of nitrogens with zero attached hydrogens (tertiary/aromatic N) is 2. The molecule has 0 aromatic carbocycles. The number of aliphatic hydroxyl groups is 1. The van der Waals surface area contributed by atoms with Crippen molar-refractivity contribution in [3.63, 3.8) is 0 Å². The predicted molar refractivity (Wildman–Crippen MR) is 62.9 cm³/mol. The van der Waals surface area contributed by atoms with E-state index in [1.807, 2.05) is 6.33 Å². The lowest BCUT2D eigenvalue weighted by atomic mass is 9.92. The molecule has 16 heavy (non-hydrogen) atoms. The van der Waals surface area contributed by atoms with Crippen molar-refractivity contribution in [2.75, 3.05) is 6.61 Å². The zero-order chi connectivity index (χ0) is 11.8. The van der Waals surface area contributed by atoms with E-state index in [1.54, 1.807) is 6.20 Å². The molecule has 1 aromatic heterocycles. The summed E-state index contributed by atoms with van der Waals surface area (Å²) in [5.41, 5.74) is 7.23. The second-order valence-electron chi connectivity index (χ2n) is 5.58. The van der Waals surface area contributed by atoms with E-state index in [1.165, 1.54) is 12.8 Å². The van der Waals surface area contributed by atoms with Crippen LogP contribution in [0.15, 0.2) is 12.5 Å². The van der Waals surface area contributed by atoms with Crippen molar-refractivity contribution in [3.8, 4) is 0 Å². The Labute approximate surface area is 96.5 Å². The van der Waals surface area contributed by atoms with Crippen molar-refractivity contribution in [3.05, 3.63) is 18.2 Å². The van der Waals surface area contributed by atoms with Crippen LogP contribution in [0.25, 0.3) is 0 Å². The lowest BCUT2D eigenvalue weighted by molar-refractivity contribution is 0.260. The molecule has 1 saturated carbocycles. The van der Waals surface area contributed by atoms with Gasteiger partial charge in [-0.2, -0.15) is 0 Å². The van der Waals surface area contributed by atoms with Crippen LogP contribution in [0.3, 0.4) is 0 Å². The minimum absolute atomic E-state index is 0.0260.